The van der Waals surface area contributed by atoms with Crippen molar-refractivity contribution in [3.63, 3.8) is 0 Å². The van der Waals surface area contributed by atoms with Crippen LogP contribution in [0.3, 0.4) is 0 Å². The molecule has 0 heterocycles. The molecule has 0 aliphatic heterocycles. The molecule has 0 amide bonds. The molecule has 214 valence electrons. The highest BCUT2D eigenvalue weighted by Crippen LogP contribution is 2.61. The Labute approximate surface area is 242 Å². The molecule has 0 radical (unpaired) electrons. The van der Waals surface area contributed by atoms with Gasteiger partial charge < -0.3 is 9.84 Å². The molecule has 0 fully saturated rings. The SMILES string of the molecule is CC(C)CC(c1ccc(OC(=O)/C=C/c2ccccc2)cc1)C(C)(C)C(C)(C)C(c1ccc(O)cc1)C(C)(C)C. The fraction of sp³-hybridized carbons (Fsp3) is 0.432. The summed E-state index contributed by atoms with van der Waals surface area (Å²) in [6, 6.07) is 25.6. The van der Waals surface area contributed by atoms with Crippen LogP contribution in [-0.2, 0) is 4.79 Å². The van der Waals surface area contributed by atoms with Crippen LogP contribution in [0.25, 0.3) is 6.08 Å². The minimum atomic E-state index is -0.390. The van der Waals surface area contributed by atoms with E-state index in [1.807, 2.05) is 42.5 Å². The fourth-order valence-corrected chi connectivity index (χ4v) is 6.45. The molecule has 2 atom stereocenters. The third kappa shape index (κ3) is 7.44. The molecule has 0 aromatic heterocycles. The number of carbonyl (C=O) groups is 1. The van der Waals surface area contributed by atoms with Gasteiger partial charge in [0, 0.05) is 6.08 Å². The normalized spacial score (nSPS) is 14.3. The van der Waals surface area contributed by atoms with Crippen molar-refractivity contribution >= 4 is 12.0 Å². The monoisotopic (exact) mass is 540 g/mol. The van der Waals surface area contributed by atoms with Gasteiger partial charge in [-0.25, -0.2) is 4.79 Å². The lowest BCUT2D eigenvalue weighted by Gasteiger charge is -2.55. The number of rotatable bonds is 10. The first-order valence-electron chi connectivity index (χ1n) is 14.5. The van der Waals surface area contributed by atoms with Crippen molar-refractivity contribution in [2.75, 3.05) is 0 Å². The number of carbonyl (C=O) groups excluding carboxylic acids is 1. The highest BCUT2D eigenvalue weighted by molar-refractivity contribution is 5.88. The van der Waals surface area contributed by atoms with Gasteiger partial charge in [0.05, 0.1) is 0 Å². The van der Waals surface area contributed by atoms with Crippen molar-refractivity contribution in [1.82, 2.24) is 0 Å². The molecule has 3 rings (SSSR count). The van der Waals surface area contributed by atoms with E-state index >= 15 is 0 Å². The standard InChI is InChI=1S/C37H48O3/c1-26(2)25-32(28-18-22-31(23-19-28)40-33(39)24-15-27-13-11-10-12-14-27)36(6,7)37(8,9)34(35(3,4)5)29-16-20-30(38)21-17-29/h10-24,26,32,34,38H,25H2,1-9H3/b24-15+. The van der Waals surface area contributed by atoms with Crippen LogP contribution in [0.5, 0.6) is 11.5 Å². The largest absolute Gasteiger partial charge is 0.508 e. The third-order valence-electron chi connectivity index (χ3n) is 8.77. The number of hydrogen-bond acceptors (Lipinski definition) is 3. The molecule has 0 bridgehead atoms. The van der Waals surface area contributed by atoms with Crippen LogP contribution in [-0.4, -0.2) is 11.1 Å². The van der Waals surface area contributed by atoms with Gasteiger partial charge in [-0.2, -0.15) is 0 Å². The van der Waals surface area contributed by atoms with E-state index in [2.05, 4.69) is 86.6 Å². The number of phenolic OH excluding ortho intramolecular Hbond substituents is 1. The minimum Gasteiger partial charge on any atom is -0.508 e. The van der Waals surface area contributed by atoms with Crippen molar-refractivity contribution in [1.29, 1.82) is 0 Å². The van der Waals surface area contributed by atoms with Gasteiger partial charge in [-0.3, -0.25) is 0 Å². The van der Waals surface area contributed by atoms with E-state index in [1.54, 1.807) is 18.2 Å². The lowest BCUT2D eigenvalue weighted by atomic mass is 9.49. The van der Waals surface area contributed by atoms with Crippen molar-refractivity contribution < 1.29 is 14.6 Å². The van der Waals surface area contributed by atoms with Crippen molar-refractivity contribution in [2.24, 2.45) is 22.2 Å². The van der Waals surface area contributed by atoms with Crippen LogP contribution in [0.1, 0.15) is 97.3 Å². The lowest BCUT2D eigenvalue weighted by Crippen LogP contribution is -2.46. The Balaban J connectivity index is 1.91. The van der Waals surface area contributed by atoms with Gasteiger partial charge in [0.25, 0.3) is 0 Å². The highest BCUT2D eigenvalue weighted by Gasteiger charge is 2.51. The summed E-state index contributed by atoms with van der Waals surface area (Å²) in [5.41, 5.74) is 3.27. The maximum absolute atomic E-state index is 12.4. The Morgan fingerprint density at radius 1 is 0.775 bits per heavy atom. The first-order valence-corrected chi connectivity index (χ1v) is 14.5. The lowest BCUT2D eigenvalue weighted by molar-refractivity contribution is -0.128. The molecule has 3 heteroatoms. The average molecular weight is 541 g/mol. The second-order valence-corrected chi connectivity index (χ2v) is 13.8. The van der Waals surface area contributed by atoms with E-state index in [4.69, 9.17) is 4.74 Å². The predicted octanol–water partition coefficient (Wildman–Crippen LogP) is 10.0. The summed E-state index contributed by atoms with van der Waals surface area (Å²) in [6.07, 6.45) is 4.27. The molecule has 3 aromatic carbocycles. The zero-order valence-corrected chi connectivity index (χ0v) is 25.9. The summed E-state index contributed by atoms with van der Waals surface area (Å²) in [7, 11) is 0. The van der Waals surface area contributed by atoms with Crippen LogP contribution >= 0.6 is 0 Å². The van der Waals surface area contributed by atoms with Gasteiger partial charge in [0.2, 0.25) is 0 Å². The quantitative estimate of drug-likeness (QED) is 0.158. The third-order valence-corrected chi connectivity index (χ3v) is 8.77. The van der Waals surface area contributed by atoms with Gasteiger partial charge in [0.1, 0.15) is 11.5 Å². The van der Waals surface area contributed by atoms with Gasteiger partial charge in [-0.15, -0.1) is 0 Å². The summed E-state index contributed by atoms with van der Waals surface area (Å²) < 4.78 is 5.61. The fourth-order valence-electron chi connectivity index (χ4n) is 6.45. The van der Waals surface area contributed by atoms with Crippen LogP contribution < -0.4 is 4.74 Å². The maximum atomic E-state index is 12.4. The second-order valence-electron chi connectivity index (χ2n) is 13.8. The molecule has 0 saturated carbocycles. The minimum absolute atomic E-state index is 0.00541. The molecule has 40 heavy (non-hydrogen) atoms. The van der Waals surface area contributed by atoms with E-state index in [1.165, 1.54) is 17.2 Å². The van der Waals surface area contributed by atoms with E-state index < -0.39 is 5.97 Å². The molecule has 3 nitrogen and oxygen atoms in total. The van der Waals surface area contributed by atoms with Crippen LogP contribution in [0, 0.1) is 22.2 Å². The zero-order valence-electron chi connectivity index (χ0n) is 25.9. The van der Waals surface area contributed by atoms with Gasteiger partial charge in [0.15, 0.2) is 0 Å². The number of aromatic hydroxyl groups is 1. The molecule has 0 saturated heterocycles. The topological polar surface area (TPSA) is 46.5 Å². The maximum Gasteiger partial charge on any atom is 0.336 e. The second kappa shape index (κ2) is 12.5. The van der Waals surface area contributed by atoms with E-state index in [0.29, 0.717) is 17.4 Å². The smallest absolute Gasteiger partial charge is 0.336 e. The van der Waals surface area contributed by atoms with Gasteiger partial charge >= 0.3 is 5.97 Å². The van der Waals surface area contributed by atoms with Gasteiger partial charge in [-0.05, 0) is 87.5 Å². The molecular formula is C37H48O3. The number of benzene rings is 3. The van der Waals surface area contributed by atoms with Crippen LogP contribution in [0.4, 0.5) is 0 Å². The molecule has 0 aliphatic rings. The zero-order chi connectivity index (χ0) is 29.7. The Morgan fingerprint density at radius 2 is 1.32 bits per heavy atom. The summed E-state index contributed by atoms with van der Waals surface area (Å²) in [5.74, 6) is 1.50. The number of ether oxygens (including phenoxy) is 1. The van der Waals surface area contributed by atoms with E-state index in [0.717, 1.165) is 12.0 Å². The highest BCUT2D eigenvalue weighted by atomic mass is 16.5. The Morgan fingerprint density at radius 3 is 1.85 bits per heavy atom. The summed E-state index contributed by atoms with van der Waals surface area (Å²) in [6.45, 7) is 21.1. The van der Waals surface area contributed by atoms with Crippen molar-refractivity contribution in [3.05, 3.63) is 102 Å². The molecule has 3 aromatic rings. The summed E-state index contributed by atoms with van der Waals surface area (Å²) >= 11 is 0. The van der Waals surface area contributed by atoms with Crippen molar-refractivity contribution in [3.8, 4) is 11.5 Å². The van der Waals surface area contributed by atoms with E-state index in [-0.39, 0.29) is 28.1 Å². The Kier molecular flexibility index (Phi) is 9.72. The molecule has 0 aliphatic carbocycles. The Bertz CT molecular complexity index is 1260. The predicted molar refractivity (Wildman–Crippen MR) is 168 cm³/mol. The number of esters is 1. The van der Waals surface area contributed by atoms with Crippen LogP contribution in [0.15, 0.2) is 84.9 Å². The van der Waals surface area contributed by atoms with Crippen LogP contribution in [0.2, 0.25) is 0 Å². The molecule has 1 N–H and O–H groups in total. The first-order chi connectivity index (χ1) is 18.6. The van der Waals surface area contributed by atoms with Gasteiger partial charge in [-0.1, -0.05) is 117 Å². The average Bonchev–Trinajstić information content (AvgIpc) is 2.87. The number of hydrogen-bond donors (Lipinski definition) is 1. The van der Waals surface area contributed by atoms with E-state index in [9.17, 15) is 9.90 Å². The first kappa shape index (κ1) is 31.2. The molecule has 0 spiro atoms. The Hall–Kier alpha value is -3.33. The summed E-state index contributed by atoms with van der Waals surface area (Å²) in [5, 5.41) is 9.96. The van der Waals surface area contributed by atoms with Crippen molar-refractivity contribution in [2.45, 2.75) is 80.6 Å². The molecule has 2 unspecified atom stereocenters. The number of phenols is 1. The molecular weight excluding hydrogens is 492 g/mol. The summed E-state index contributed by atoms with van der Waals surface area (Å²) in [4.78, 5) is 12.4.